The van der Waals surface area contributed by atoms with Crippen LogP contribution in [0.4, 0.5) is 0 Å². The van der Waals surface area contributed by atoms with Crippen LogP contribution in [0.5, 0.6) is 0 Å². The molecule has 0 amide bonds. The number of ketones is 1. The number of halogens is 1. The zero-order chi connectivity index (χ0) is 12.3. The number of rotatable bonds is 3. The van der Waals surface area contributed by atoms with E-state index in [4.69, 9.17) is 11.6 Å². The van der Waals surface area contributed by atoms with E-state index in [1.54, 1.807) is 0 Å². The summed E-state index contributed by atoms with van der Waals surface area (Å²) >= 11 is 6.21. The van der Waals surface area contributed by atoms with Crippen molar-refractivity contribution in [3.05, 3.63) is 71.3 Å². The molecule has 17 heavy (non-hydrogen) atoms. The van der Waals surface area contributed by atoms with Crippen molar-refractivity contribution in [1.82, 2.24) is 0 Å². The summed E-state index contributed by atoms with van der Waals surface area (Å²) in [6.45, 7) is 1.92. The van der Waals surface area contributed by atoms with E-state index in [0.717, 1.165) is 11.1 Å². The van der Waals surface area contributed by atoms with Crippen LogP contribution in [-0.4, -0.2) is 5.78 Å². The maximum atomic E-state index is 12.2. The van der Waals surface area contributed by atoms with Crippen molar-refractivity contribution in [2.45, 2.75) is 12.3 Å². The molecule has 0 aliphatic heterocycles. The predicted molar refractivity (Wildman–Crippen MR) is 70.5 cm³/mol. The van der Waals surface area contributed by atoms with Crippen LogP contribution in [0.25, 0.3) is 0 Å². The lowest BCUT2D eigenvalue weighted by Gasteiger charge is -2.10. The monoisotopic (exact) mass is 244 g/mol. The molecule has 0 heterocycles. The number of hydrogen-bond acceptors (Lipinski definition) is 1. The van der Waals surface area contributed by atoms with Crippen LogP contribution < -0.4 is 0 Å². The summed E-state index contributed by atoms with van der Waals surface area (Å²) in [5, 5.41) is -0.614. The minimum absolute atomic E-state index is 0.0454. The second-order valence-corrected chi connectivity index (χ2v) is 4.39. The molecule has 0 saturated carbocycles. The molecule has 0 radical (unpaired) electrons. The SMILES string of the molecule is Cc1ccccc1C(=O)C(Cl)c1ccccc1. The molecule has 1 atom stereocenters. The first kappa shape index (κ1) is 11.9. The molecule has 0 bridgehead atoms. The van der Waals surface area contributed by atoms with Crippen molar-refractivity contribution < 1.29 is 4.79 Å². The zero-order valence-electron chi connectivity index (χ0n) is 9.56. The Morgan fingerprint density at radius 1 is 1.00 bits per heavy atom. The molecule has 2 rings (SSSR count). The van der Waals surface area contributed by atoms with Gasteiger partial charge in [0.05, 0.1) is 0 Å². The molecule has 1 nitrogen and oxygen atoms in total. The first-order valence-electron chi connectivity index (χ1n) is 5.49. The number of benzene rings is 2. The van der Waals surface area contributed by atoms with Gasteiger partial charge in [0.1, 0.15) is 5.38 Å². The summed E-state index contributed by atoms with van der Waals surface area (Å²) in [6.07, 6.45) is 0. The first-order valence-corrected chi connectivity index (χ1v) is 5.92. The Morgan fingerprint density at radius 2 is 1.59 bits per heavy atom. The Kier molecular flexibility index (Phi) is 3.60. The van der Waals surface area contributed by atoms with Crippen LogP contribution in [0, 0.1) is 6.92 Å². The van der Waals surface area contributed by atoms with Crippen LogP contribution in [0.3, 0.4) is 0 Å². The average molecular weight is 245 g/mol. The summed E-state index contributed by atoms with van der Waals surface area (Å²) in [4.78, 5) is 12.2. The van der Waals surface area contributed by atoms with E-state index < -0.39 is 5.38 Å². The van der Waals surface area contributed by atoms with Gasteiger partial charge in [0.25, 0.3) is 0 Å². The Labute approximate surface area is 106 Å². The topological polar surface area (TPSA) is 17.1 Å². The molecule has 2 aromatic rings. The van der Waals surface area contributed by atoms with E-state index in [1.807, 2.05) is 61.5 Å². The van der Waals surface area contributed by atoms with E-state index in [9.17, 15) is 4.79 Å². The number of hydrogen-bond donors (Lipinski definition) is 0. The van der Waals surface area contributed by atoms with Gasteiger partial charge >= 0.3 is 0 Å². The van der Waals surface area contributed by atoms with E-state index in [1.165, 1.54) is 0 Å². The summed E-state index contributed by atoms with van der Waals surface area (Å²) in [6, 6.07) is 16.9. The quantitative estimate of drug-likeness (QED) is 0.585. The molecular formula is C15H13ClO. The first-order chi connectivity index (χ1) is 8.20. The van der Waals surface area contributed by atoms with Crippen molar-refractivity contribution in [3.8, 4) is 0 Å². The molecule has 2 aromatic carbocycles. The highest BCUT2D eigenvalue weighted by atomic mass is 35.5. The largest absolute Gasteiger partial charge is 0.292 e. The van der Waals surface area contributed by atoms with Gasteiger partial charge < -0.3 is 0 Å². The molecule has 0 fully saturated rings. The molecule has 0 aliphatic rings. The molecule has 2 heteroatoms. The van der Waals surface area contributed by atoms with Crippen molar-refractivity contribution in [2.75, 3.05) is 0 Å². The Bertz CT molecular complexity index is 519. The van der Waals surface area contributed by atoms with Gasteiger partial charge in [0.2, 0.25) is 0 Å². The van der Waals surface area contributed by atoms with Gasteiger partial charge in [0, 0.05) is 5.56 Å². The van der Waals surface area contributed by atoms with Gasteiger partial charge in [-0.05, 0) is 18.1 Å². The lowest BCUT2D eigenvalue weighted by atomic mass is 9.99. The van der Waals surface area contributed by atoms with Gasteiger partial charge in [0.15, 0.2) is 5.78 Å². The predicted octanol–water partition coefficient (Wildman–Crippen LogP) is 4.16. The Balaban J connectivity index is 2.30. The number of carbonyl (C=O) groups is 1. The number of aryl methyl sites for hydroxylation is 1. The second kappa shape index (κ2) is 5.15. The highest BCUT2D eigenvalue weighted by molar-refractivity contribution is 6.34. The zero-order valence-corrected chi connectivity index (χ0v) is 10.3. The van der Waals surface area contributed by atoms with Crippen LogP contribution in [0.15, 0.2) is 54.6 Å². The number of carbonyl (C=O) groups excluding carboxylic acids is 1. The molecular weight excluding hydrogens is 232 g/mol. The normalized spacial score (nSPS) is 12.1. The van der Waals surface area contributed by atoms with Crippen LogP contribution >= 0.6 is 11.6 Å². The summed E-state index contributed by atoms with van der Waals surface area (Å²) in [5.74, 6) is -0.0454. The highest BCUT2D eigenvalue weighted by Gasteiger charge is 2.20. The minimum Gasteiger partial charge on any atom is -0.292 e. The van der Waals surface area contributed by atoms with E-state index in [2.05, 4.69) is 0 Å². The smallest absolute Gasteiger partial charge is 0.185 e. The van der Waals surface area contributed by atoms with Crippen molar-refractivity contribution in [1.29, 1.82) is 0 Å². The van der Waals surface area contributed by atoms with Gasteiger partial charge in [-0.2, -0.15) is 0 Å². The molecule has 0 aliphatic carbocycles. The highest BCUT2D eigenvalue weighted by Crippen LogP contribution is 2.25. The maximum Gasteiger partial charge on any atom is 0.185 e. The third kappa shape index (κ3) is 2.56. The van der Waals surface area contributed by atoms with E-state index >= 15 is 0 Å². The molecule has 0 spiro atoms. The van der Waals surface area contributed by atoms with Gasteiger partial charge in [-0.15, -0.1) is 11.6 Å². The van der Waals surface area contributed by atoms with Crippen LogP contribution in [0.2, 0.25) is 0 Å². The summed E-state index contributed by atoms with van der Waals surface area (Å²) in [7, 11) is 0. The van der Waals surface area contributed by atoms with Crippen molar-refractivity contribution in [3.63, 3.8) is 0 Å². The average Bonchev–Trinajstić information content (AvgIpc) is 2.39. The van der Waals surface area contributed by atoms with E-state index in [0.29, 0.717) is 5.56 Å². The molecule has 0 aromatic heterocycles. The molecule has 0 saturated heterocycles. The Morgan fingerprint density at radius 3 is 2.24 bits per heavy atom. The summed E-state index contributed by atoms with van der Waals surface area (Å²) in [5.41, 5.74) is 2.48. The summed E-state index contributed by atoms with van der Waals surface area (Å²) < 4.78 is 0. The molecule has 1 unspecified atom stereocenters. The van der Waals surface area contributed by atoms with E-state index in [-0.39, 0.29) is 5.78 Å². The molecule has 86 valence electrons. The van der Waals surface area contributed by atoms with Crippen molar-refractivity contribution in [2.24, 2.45) is 0 Å². The van der Waals surface area contributed by atoms with Crippen molar-refractivity contribution >= 4 is 17.4 Å². The van der Waals surface area contributed by atoms with Gasteiger partial charge in [-0.3, -0.25) is 4.79 Å². The molecule has 0 N–H and O–H groups in total. The standard InChI is InChI=1S/C15H13ClO/c1-11-7-5-6-10-13(11)15(17)14(16)12-8-3-2-4-9-12/h2-10,14H,1H3. The second-order valence-electron chi connectivity index (χ2n) is 3.95. The lowest BCUT2D eigenvalue weighted by Crippen LogP contribution is -2.08. The number of alkyl halides is 1. The minimum atomic E-state index is -0.614. The Hall–Kier alpha value is -1.60. The fourth-order valence-electron chi connectivity index (χ4n) is 1.76. The maximum absolute atomic E-state index is 12.2. The number of Topliss-reactive ketones (excluding diaryl/α,β-unsaturated/α-hetero) is 1. The third-order valence-electron chi connectivity index (χ3n) is 2.73. The lowest BCUT2D eigenvalue weighted by molar-refractivity contribution is 0.0986. The van der Waals surface area contributed by atoms with Crippen LogP contribution in [-0.2, 0) is 0 Å². The van der Waals surface area contributed by atoms with Gasteiger partial charge in [-0.1, -0.05) is 54.6 Å². The van der Waals surface area contributed by atoms with Gasteiger partial charge in [-0.25, -0.2) is 0 Å². The third-order valence-corrected chi connectivity index (χ3v) is 3.18. The fraction of sp³-hybridized carbons (Fsp3) is 0.133. The van der Waals surface area contributed by atoms with Crippen LogP contribution in [0.1, 0.15) is 26.9 Å². The fourth-order valence-corrected chi connectivity index (χ4v) is 2.02.